The van der Waals surface area contributed by atoms with E-state index in [4.69, 9.17) is 4.74 Å². The number of ether oxygens (including phenoxy) is 1. The van der Waals surface area contributed by atoms with Gasteiger partial charge in [-0.05, 0) is 37.1 Å². The second-order valence-electron chi connectivity index (χ2n) is 5.02. The van der Waals surface area contributed by atoms with Gasteiger partial charge < -0.3 is 10.1 Å². The minimum absolute atomic E-state index is 0.0397. The second kappa shape index (κ2) is 5.81. The van der Waals surface area contributed by atoms with Crippen LogP contribution >= 0.6 is 0 Å². The molecule has 21 heavy (non-hydrogen) atoms. The van der Waals surface area contributed by atoms with Gasteiger partial charge in [-0.15, -0.1) is 0 Å². The van der Waals surface area contributed by atoms with Crippen LogP contribution in [0.15, 0.2) is 30.6 Å². The molecule has 0 saturated heterocycles. The van der Waals surface area contributed by atoms with E-state index < -0.39 is 6.55 Å². The number of hydrogen-bond acceptors (Lipinski definition) is 3. The molecule has 1 aromatic heterocycles. The van der Waals surface area contributed by atoms with E-state index >= 15 is 0 Å². The van der Waals surface area contributed by atoms with Crippen LogP contribution in [0.25, 0.3) is 0 Å². The number of aromatic nitrogens is 2. The summed E-state index contributed by atoms with van der Waals surface area (Å²) < 4.78 is 32.1. The number of benzene rings is 1. The van der Waals surface area contributed by atoms with Crippen molar-refractivity contribution in [1.29, 1.82) is 0 Å². The first kappa shape index (κ1) is 14.0. The van der Waals surface area contributed by atoms with Crippen LogP contribution in [0.1, 0.15) is 36.0 Å². The van der Waals surface area contributed by atoms with Crippen molar-refractivity contribution in [1.82, 2.24) is 14.9 Å². The summed E-state index contributed by atoms with van der Waals surface area (Å²) in [5.41, 5.74) is 2.39. The fraction of sp³-hybridized carbons (Fsp3) is 0.400. The van der Waals surface area contributed by atoms with Crippen molar-refractivity contribution < 1.29 is 13.5 Å². The molecule has 0 saturated carbocycles. The molecule has 3 rings (SSSR count). The summed E-state index contributed by atoms with van der Waals surface area (Å²) in [5.74, 6) is 0.986. The van der Waals surface area contributed by atoms with E-state index in [9.17, 15) is 8.78 Å². The molecule has 1 unspecified atom stereocenters. The lowest BCUT2D eigenvalue weighted by molar-refractivity contribution is 0.0632. The summed E-state index contributed by atoms with van der Waals surface area (Å²) in [5, 5.41) is 3.27. The smallest absolute Gasteiger partial charge is 0.320 e. The maximum absolute atomic E-state index is 12.8. The monoisotopic (exact) mass is 293 g/mol. The minimum atomic E-state index is -2.60. The fourth-order valence-corrected chi connectivity index (χ4v) is 2.83. The first-order valence-corrected chi connectivity index (χ1v) is 6.92. The van der Waals surface area contributed by atoms with Crippen molar-refractivity contribution in [3.63, 3.8) is 0 Å². The van der Waals surface area contributed by atoms with Crippen LogP contribution in [0.3, 0.4) is 0 Å². The average Bonchev–Trinajstić information content (AvgIpc) is 3.11. The summed E-state index contributed by atoms with van der Waals surface area (Å²) in [6.45, 7) is -2.56. The molecule has 0 fully saturated rings. The van der Waals surface area contributed by atoms with Gasteiger partial charge in [0.1, 0.15) is 12.4 Å². The zero-order valence-corrected chi connectivity index (χ0v) is 11.7. The number of nitrogens with one attached hydrogen (secondary N) is 1. The van der Waals surface area contributed by atoms with Crippen LogP contribution in [0.4, 0.5) is 8.78 Å². The molecule has 1 heterocycles. The number of rotatable bonds is 5. The van der Waals surface area contributed by atoms with Crippen LogP contribution < -0.4 is 10.1 Å². The predicted molar refractivity (Wildman–Crippen MR) is 74.4 cm³/mol. The lowest BCUT2D eigenvalue weighted by Crippen LogP contribution is -2.12. The molecule has 1 aliphatic rings. The molecule has 4 nitrogen and oxygen atoms in total. The minimum Gasteiger partial charge on any atom is -0.485 e. The molecule has 1 aliphatic carbocycles. The average molecular weight is 293 g/mol. The normalized spacial score (nSPS) is 17.2. The van der Waals surface area contributed by atoms with Gasteiger partial charge in [0, 0.05) is 18.4 Å². The van der Waals surface area contributed by atoms with Crippen LogP contribution in [0.2, 0.25) is 0 Å². The Morgan fingerprint density at radius 2 is 2.33 bits per heavy atom. The number of nitrogens with zero attached hydrogens (tertiary/aromatic N) is 2. The number of alkyl halides is 2. The summed E-state index contributed by atoms with van der Waals surface area (Å²) in [6, 6.07) is 6.23. The highest BCUT2D eigenvalue weighted by Gasteiger charge is 2.24. The van der Waals surface area contributed by atoms with Crippen LogP contribution in [-0.4, -0.2) is 16.6 Å². The molecule has 0 radical (unpaired) electrons. The maximum Gasteiger partial charge on any atom is 0.320 e. The number of hydrogen-bond donors (Lipinski definition) is 1. The van der Waals surface area contributed by atoms with E-state index in [2.05, 4.69) is 16.4 Å². The lowest BCUT2D eigenvalue weighted by atomic mass is 10.1. The van der Waals surface area contributed by atoms with Crippen LogP contribution in [0, 0.1) is 0 Å². The van der Waals surface area contributed by atoms with Gasteiger partial charge in [0.15, 0.2) is 5.82 Å². The van der Waals surface area contributed by atoms with Gasteiger partial charge in [-0.3, -0.25) is 4.57 Å². The Labute approximate surface area is 121 Å². The van der Waals surface area contributed by atoms with Crippen LogP contribution in [0.5, 0.6) is 5.75 Å². The Balaban J connectivity index is 1.78. The molecular formula is C15H17F2N3O. The molecule has 1 aromatic carbocycles. The molecule has 0 aliphatic heterocycles. The number of halogens is 2. The molecule has 2 aromatic rings. The van der Waals surface area contributed by atoms with Crippen molar-refractivity contribution in [2.24, 2.45) is 0 Å². The second-order valence-corrected chi connectivity index (χ2v) is 5.02. The van der Waals surface area contributed by atoms with E-state index in [0.29, 0.717) is 6.04 Å². The fourth-order valence-electron chi connectivity index (χ4n) is 2.83. The van der Waals surface area contributed by atoms with Gasteiger partial charge in [-0.1, -0.05) is 12.1 Å². The summed E-state index contributed by atoms with van der Waals surface area (Å²) in [4.78, 5) is 3.92. The molecule has 1 atom stereocenters. The van der Waals surface area contributed by atoms with Crippen molar-refractivity contribution in [2.45, 2.75) is 32.0 Å². The Morgan fingerprint density at radius 1 is 1.48 bits per heavy atom. The molecule has 0 amide bonds. The van der Waals surface area contributed by atoms with E-state index in [1.807, 2.05) is 19.2 Å². The molecule has 0 bridgehead atoms. The highest BCUT2D eigenvalue weighted by Crippen LogP contribution is 2.36. The standard InChI is InChI=1S/C15H17F2N3O/c1-18-12-6-5-11-10(12)3-2-4-13(11)21-9-14-19-7-8-20(14)15(16)17/h2-4,7-8,12,15,18H,5-6,9H2,1H3. The quantitative estimate of drug-likeness (QED) is 0.921. The molecule has 112 valence electrons. The van der Waals surface area contributed by atoms with Crippen molar-refractivity contribution >= 4 is 0 Å². The largest absolute Gasteiger partial charge is 0.485 e. The van der Waals surface area contributed by atoms with E-state index in [1.54, 1.807) is 0 Å². The van der Waals surface area contributed by atoms with Crippen molar-refractivity contribution in [3.05, 3.63) is 47.5 Å². The van der Waals surface area contributed by atoms with Crippen LogP contribution in [-0.2, 0) is 13.0 Å². The third-order valence-corrected chi connectivity index (χ3v) is 3.89. The first-order valence-electron chi connectivity index (χ1n) is 6.92. The molecular weight excluding hydrogens is 276 g/mol. The van der Waals surface area contributed by atoms with E-state index in [-0.39, 0.29) is 12.4 Å². The lowest BCUT2D eigenvalue weighted by Gasteiger charge is -2.13. The Kier molecular flexibility index (Phi) is 3.88. The van der Waals surface area contributed by atoms with Gasteiger partial charge in [0.05, 0.1) is 0 Å². The van der Waals surface area contributed by atoms with E-state index in [1.165, 1.54) is 18.0 Å². The topological polar surface area (TPSA) is 39.1 Å². The van der Waals surface area contributed by atoms with Gasteiger partial charge in [0.25, 0.3) is 0 Å². The molecule has 6 heteroatoms. The molecule has 0 spiro atoms. The summed E-state index contributed by atoms with van der Waals surface area (Å²) in [6.07, 6.45) is 4.57. The van der Waals surface area contributed by atoms with Crippen molar-refractivity contribution in [3.8, 4) is 5.75 Å². The highest BCUT2D eigenvalue weighted by atomic mass is 19.3. The third kappa shape index (κ3) is 2.63. The SMILES string of the molecule is CNC1CCc2c(OCc3nccn3C(F)F)cccc21. The summed E-state index contributed by atoms with van der Waals surface area (Å²) >= 11 is 0. The number of fused-ring (bicyclic) bond motifs is 1. The van der Waals surface area contributed by atoms with Gasteiger partial charge in [-0.25, -0.2) is 4.98 Å². The predicted octanol–water partition coefficient (Wildman–Crippen LogP) is 3.06. The summed E-state index contributed by atoms with van der Waals surface area (Å²) in [7, 11) is 1.94. The van der Waals surface area contributed by atoms with Gasteiger partial charge >= 0.3 is 6.55 Å². The van der Waals surface area contributed by atoms with Gasteiger partial charge in [-0.2, -0.15) is 8.78 Å². The zero-order valence-electron chi connectivity index (χ0n) is 11.7. The third-order valence-electron chi connectivity index (χ3n) is 3.89. The Bertz CT molecular complexity index is 627. The zero-order chi connectivity index (χ0) is 14.8. The number of imidazole rings is 1. The molecule has 1 N–H and O–H groups in total. The Hall–Kier alpha value is -1.95. The van der Waals surface area contributed by atoms with Gasteiger partial charge in [0.2, 0.25) is 0 Å². The maximum atomic E-state index is 12.8. The Morgan fingerprint density at radius 3 is 3.10 bits per heavy atom. The van der Waals surface area contributed by atoms with Crippen molar-refractivity contribution in [2.75, 3.05) is 7.05 Å². The highest BCUT2D eigenvalue weighted by molar-refractivity contribution is 5.45. The first-order chi connectivity index (χ1) is 10.2. The van der Waals surface area contributed by atoms with E-state index in [0.717, 1.165) is 28.7 Å².